The molecule has 0 saturated carbocycles. The molecular formula is C21H16N4O5S. The Morgan fingerprint density at radius 2 is 1.84 bits per heavy atom. The number of nitrogens with zero attached hydrogens (tertiary/aromatic N) is 3. The molecule has 0 saturated heterocycles. The number of hydrogen-bond donors (Lipinski definition) is 1. The molecule has 1 aliphatic rings. The van der Waals surface area contributed by atoms with Gasteiger partial charge in [0.05, 0.1) is 5.75 Å². The molecule has 0 aliphatic carbocycles. The van der Waals surface area contributed by atoms with Crippen LogP contribution in [0.25, 0.3) is 22.7 Å². The second kappa shape index (κ2) is 8.15. The van der Waals surface area contributed by atoms with Crippen LogP contribution in [-0.4, -0.2) is 33.8 Å². The fraction of sp³-hybridized carbons (Fsp3) is 0.143. The van der Waals surface area contributed by atoms with E-state index in [2.05, 4.69) is 20.7 Å². The second-order valence-electron chi connectivity index (χ2n) is 6.72. The number of benzene rings is 2. The highest BCUT2D eigenvalue weighted by Gasteiger charge is 2.17. The standard InChI is InChI=1S/C21H16N4O5S/c1-12-2-4-13(5-3-12)15-9-19(30-25-15)22-18(26)10-31-21-24-23-20(29-21)14-6-7-16-17(8-14)28-11-27-16/h2-9H,10-11H2,1H3,(H,22,26). The largest absolute Gasteiger partial charge is 0.454 e. The summed E-state index contributed by atoms with van der Waals surface area (Å²) in [5, 5.41) is 14.9. The number of anilines is 1. The molecule has 9 nitrogen and oxygen atoms in total. The van der Waals surface area contributed by atoms with Crippen LogP contribution in [0, 0.1) is 6.92 Å². The maximum atomic E-state index is 12.2. The van der Waals surface area contributed by atoms with Gasteiger partial charge >= 0.3 is 0 Å². The monoisotopic (exact) mass is 436 g/mol. The van der Waals surface area contributed by atoms with Gasteiger partial charge in [-0.1, -0.05) is 46.7 Å². The predicted molar refractivity (Wildman–Crippen MR) is 112 cm³/mol. The maximum absolute atomic E-state index is 12.2. The Morgan fingerprint density at radius 3 is 2.71 bits per heavy atom. The van der Waals surface area contributed by atoms with Crippen molar-refractivity contribution in [2.24, 2.45) is 0 Å². The van der Waals surface area contributed by atoms with E-state index in [1.807, 2.05) is 31.2 Å². The molecule has 3 heterocycles. The Hall–Kier alpha value is -3.79. The lowest BCUT2D eigenvalue weighted by atomic mass is 10.1. The number of amides is 1. The molecule has 156 valence electrons. The summed E-state index contributed by atoms with van der Waals surface area (Å²) in [4.78, 5) is 12.2. The van der Waals surface area contributed by atoms with Crippen molar-refractivity contribution in [1.82, 2.24) is 15.4 Å². The van der Waals surface area contributed by atoms with E-state index >= 15 is 0 Å². The van der Waals surface area contributed by atoms with Crippen LogP contribution in [0.4, 0.5) is 5.88 Å². The number of fused-ring (bicyclic) bond motifs is 1. The molecule has 10 heteroatoms. The van der Waals surface area contributed by atoms with Gasteiger partial charge in [0.1, 0.15) is 5.69 Å². The van der Waals surface area contributed by atoms with E-state index in [4.69, 9.17) is 18.4 Å². The number of rotatable bonds is 6. The summed E-state index contributed by atoms with van der Waals surface area (Å²) in [7, 11) is 0. The van der Waals surface area contributed by atoms with Crippen LogP contribution in [-0.2, 0) is 4.79 Å². The summed E-state index contributed by atoms with van der Waals surface area (Å²) in [5.41, 5.74) is 3.42. The Morgan fingerprint density at radius 1 is 1.03 bits per heavy atom. The summed E-state index contributed by atoms with van der Waals surface area (Å²) >= 11 is 1.12. The Bertz CT molecular complexity index is 1230. The van der Waals surface area contributed by atoms with Crippen molar-refractivity contribution in [1.29, 1.82) is 0 Å². The highest BCUT2D eigenvalue weighted by Crippen LogP contribution is 2.36. The smallest absolute Gasteiger partial charge is 0.277 e. The molecule has 0 fully saturated rings. The number of carbonyl (C=O) groups is 1. The SMILES string of the molecule is Cc1ccc(-c2cc(NC(=O)CSc3nnc(-c4ccc5c(c4)OCO5)o3)on2)cc1. The number of ether oxygens (including phenoxy) is 2. The molecule has 1 N–H and O–H groups in total. The van der Waals surface area contributed by atoms with Crippen molar-refractivity contribution in [2.75, 3.05) is 17.9 Å². The summed E-state index contributed by atoms with van der Waals surface area (Å²) < 4.78 is 21.5. The minimum atomic E-state index is -0.278. The van der Waals surface area contributed by atoms with Gasteiger partial charge in [-0.15, -0.1) is 10.2 Å². The molecule has 0 radical (unpaired) electrons. The van der Waals surface area contributed by atoms with Gasteiger partial charge in [-0.05, 0) is 25.1 Å². The fourth-order valence-corrected chi connectivity index (χ4v) is 3.47. The van der Waals surface area contributed by atoms with Crippen molar-refractivity contribution in [3.05, 3.63) is 54.1 Å². The van der Waals surface area contributed by atoms with Gasteiger partial charge in [0, 0.05) is 17.2 Å². The molecule has 0 atom stereocenters. The lowest BCUT2D eigenvalue weighted by Gasteiger charge is -1.99. The normalized spacial score (nSPS) is 12.2. The van der Waals surface area contributed by atoms with E-state index in [0.717, 1.165) is 22.9 Å². The van der Waals surface area contributed by atoms with Crippen molar-refractivity contribution < 1.29 is 23.2 Å². The van der Waals surface area contributed by atoms with Crippen LogP contribution in [0.15, 0.2) is 62.7 Å². The van der Waals surface area contributed by atoms with Crippen molar-refractivity contribution in [3.63, 3.8) is 0 Å². The molecule has 4 aromatic rings. The third kappa shape index (κ3) is 4.24. The first-order valence-corrected chi connectivity index (χ1v) is 10.3. The zero-order chi connectivity index (χ0) is 21.2. The number of carbonyl (C=O) groups excluding carboxylic acids is 1. The minimum absolute atomic E-state index is 0.0728. The van der Waals surface area contributed by atoms with Gasteiger partial charge < -0.3 is 18.4 Å². The van der Waals surface area contributed by atoms with Crippen molar-refractivity contribution in [3.8, 4) is 34.2 Å². The summed E-state index contributed by atoms with van der Waals surface area (Å²) in [6, 6.07) is 14.9. The predicted octanol–water partition coefficient (Wildman–Crippen LogP) is 4.16. The number of nitrogens with one attached hydrogen (secondary N) is 1. The maximum Gasteiger partial charge on any atom is 0.277 e. The Kier molecular flexibility index (Phi) is 5.04. The lowest BCUT2D eigenvalue weighted by molar-refractivity contribution is -0.113. The minimum Gasteiger partial charge on any atom is -0.454 e. The number of thioether (sulfide) groups is 1. The molecule has 0 bridgehead atoms. The van der Waals surface area contributed by atoms with E-state index in [-0.39, 0.29) is 29.6 Å². The topological polar surface area (TPSA) is 113 Å². The average molecular weight is 436 g/mol. The molecule has 1 aliphatic heterocycles. The van der Waals surface area contributed by atoms with Crippen LogP contribution >= 0.6 is 11.8 Å². The molecule has 2 aromatic carbocycles. The number of aromatic nitrogens is 3. The molecule has 1 amide bonds. The summed E-state index contributed by atoms with van der Waals surface area (Å²) in [5.74, 6) is 1.70. The highest BCUT2D eigenvalue weighted by molar-refractivity contribution is 7.99. The van der Waals surface area contributed by atoms with Gasteiger partial charge in [0.15, 0.2) is 11.5 Å². The van der Waals surface area contributed by atoms with Crippen LogP contribution in [0.5, 0.6) is 11.5 Å². The van der Waals surface area contributed by atoms with Gasteiger partial charge in [-0.2, -0.15) is 0 Å². The van der Waals surface area contributed by atoms with Gasteiger partial charge in [-0.25, -0.2) is 0 Å². The van der Waals surface area contributed by atoms with Crippen molar-refractivity contribution >= 4 is 23.6 Å². The molecule has 31 heavy (non-hydrogen) atoms. The Balaban J connectivity index is 1.17. The molecule has 0 spiro atoms. The first kappa shape index (κ1) is 19.2. The van der Waals surface area contributed by atoms with E-state index in [1.54, 1.807) is 24.3 Å². The third-order valence-corrected chi connectivity index (χ3v) is 5.29. The van der Waals surface area contributed by atoms with Crippen LogP contribution in [0.2, 0.25) is 0 Å². The fourth-order valence-electron chi connectivity index (χ4n) is 2.91. The van der Waals surface area contributed by atoms with Crippen LogP contribution < -0.4 is 14.8 Å². The van der Waals surface area contributed by atoms with Crippen LogP contribution in [0.3, 0.4) is 0 Å². The van der Waals surface area contributed by atoms with E-state index in [1.165, 1.54) is 0 Å². The molecule has 5 rings (SSSR count). The van der Waals surface area contributed by atoms with Crippen LogP contribution in [0.1, 0.15) is 5.56 Å². The molecular weight excluding hydrogens is 420 g/mol. The average Bonchev–Trinajstić information content (AvgIpc) is 3.53. The summed E-state index contributed by atoms with van der Waals surface area (Å²) in [6.45, 7) is 2.20. The lowest BCUT2D eigenvalue weighted by Crippen LogP contribution is -2.13. The van der Waals surface area contributed by atoms with Gasteiger partial charge in [-0.3, -0.25) is 10.1 Å². The van der Waals surface area contributed by atoms with Gasteiger partial charge in [0.25, 0.3) is 5.22 Å². The third-order valence-electron chi connectivity index (χ3n) is 4.47. The first-order chi connectivity index (χ1) is 15.1. The highest BCUT2D eigenvalue weighted by atomic mass is 32.2. The Labute approximate surface area is 180 Å². The first-order valence-electron chi connectivity index (χ1n) is 9.34. The van der Waals surface area contributed by atoms with E-state index in [9.17, 15) is 4.79 Å². The van der Waals surface area contributed by atoms with E-state index < -0.39 is 0 Å². The van der Waals surface area contributed by atoms with E-state index in [0.29, 0.717) is 28.6 Å². The van der Waals surface area contributed by atoms with Crippen molar-refractivity contribution in [2.45, 2.75) is 12.1 Å². The second-order valence-corrected chi connectivity index (χ2v) is 7.65. The number of aryl methyl sites for hydroxylation is 1. The summed E-state index contributed by atoms with van der Waals surface area (Å²) in [6.07, 6.45) is 0. The molecule has 0 unspecified atom stereocenters. The zero-order valence-corrected chi connectivity index (χ0v) is 17.1. The van der Waals surface area contributed by atoms with Gasteiger partial charge in [0.2, 0.25) is 24.5 Å². The molecule has 2 aromatic heterocycles. The zero-order valence-electron chi connectivity index (χ0n) is 16.3. The quantitative estimate of drug-likeness (QED) is 0.445. The number of hydrogen-bond acceptors (Lipinski definition) is 9.